The number of aryl methyl sites for hydroxylation is 2. The zero-order valence-electron chi connectivity index (χ0n) is 16.2. The Morgan fingerprint density at radius 3 is 2.27 bits per heavy atom. The lowest BCUT2D eigenvalue weighted by Gasteiger charge is -2.32. The zero-order valence-corrected chi connectivity index (χ0v) is 16.2. The fraction of sp³-hybridized carbons (Fsp3) is 0.400. The van der Waals surface area contributed by atoms with Gasteiger partial charge in [-0.15, -0.1) is 0 Å². The third kappa shape index (κ3) is 2.56. The first kappa shape index (κ1) is 17.2. The summed E-state index contributed by atoms with van der Waals surface area (Å²) >= 11 is 0. The molecule has 1 aliphatic heterocycles. The second-order valence-electron chi connectivity index (χ2n) is 8.07. The number of hydrogen-bond acceptors (Lipinski definition) is 4. The van der Waals surface area contributed by atoms with Crippen LogP contribution >= 0.6 is 0 Å². The van der Waals surface area contributed by atoms with E-state index in [2.05, 4.69) is 69.8 Å². The van der Waals surface area contributed by atoms with Gasteiger partial charge in [0.05, 0.1) is 34.8 Å². The lowest BCUT2D eigenvalue weighted by atomic mass is 9.78. The van der Waals surface area contributed by atoms with Crippen LogP contribution in [0.3, 0.4) is 0 Å². The molecule has 0 N–H and O–H groups in total. The van der Waals surface area contributed by atoms with Crippen LogP contribution in [0.5, 0.6) is 0 Å². The van der Waals surface area contributed by atoms with Gasteiger partial charge in [0.2, 0.25) is 0 Å². The summed E-state index contributed by atoms with van der Waals surface area (Å²) in [5.41, 5.74) is 4.61. The molecule has 0 aliphatic carbocycles. The molecule has 6 heteroatoms. The molecular formula is C20H24BN3O2. The number of rotatable bonds is 2. The largest absolute Gasteiger partial charge is 0.497 e. The third-order valence-electron chi connectivity index (χ3n) is 5.77. The molecule has 1 aliphatic rings. The van der Waals surface area contributed by atoms with Gasteiger partial charge in [0, 0.05) is 17.0 Å². The highest BCUT2D eigenvalue weighted by Gasteiger charge is 2.52. The minimum absolute atomic E-state index is 0.385. The van der Waals surface area contributed by atoms with Crippen molar-refractivity contribution in [1.29, 1.82) is 0 Å². The molecule has 1 aromatic carbocycles. The van der Waals surface area contributed by atoms with Crippen LogP contribution in [0.4, 0.5) is 0 Å². The van der Waals surface area contributed by atoms with Gasteiger partial charge < -0.3 is 9.31 Å². The van der Waals surface area contributed by atoms with Crippen LogP contribution in [0.15, 0.2) is 36.8 Å². The molecule has 0 spiro atoms. The Morgan fingerprint density at radius 1 is 0.923 bits per heavy atom. The Labute approximate surface area is 154 Å². The molecule has 4 rings (SSSR count). The maximum Gasteiger partial charge on any atom is 0.497 e. The van der Waals surface area contributed by atoms with Crippen LogP contribution in [-0.2, 0) is 9.31 Å². The second-order valence-corrected chi connectivity index (χ2v) is 8.07. The van der Waals surface area contributed by atoms with E-state index in [9.17, 15) is 0 Å². The molecule has 1 saturated heterocycles. The zero-order chi connectivity index (χ0) is 18.7. The molecule has 3 heterocycles. The molecular weight excluding hydrogens is 325 g/mol. The van der Waals surface area contributed by atoms with Gasteiger partial charge in [0.15, 0.2) is 0 Å². The lowest BCUT2D eigenvalue weighted by Crippen LogP contribution is -2.41. The number of pyridine rings is 1. The molecule has 0 saturated carbocycles. The van der Waals surface area contributed by atoms with Gasteiger partial charge in [0.25, 0.3) is 0 Å². The van der Waals surface area contributed by atoms with Gasteiger partial charge >= 0.3 is 7.12 Å². The van der Waals surface area contributed by atoms with E-state index in [1.54, 1.807) is 0 Å². The summed E-state index contributed by atoms with van der Waals surface area (Å²) in [6.07, 6.45) is 5.52. The molecule has 134 valence electrons. The summed E-state index contributed by atoms with van der Waals surface area (Å²) in [5, 5.41) is 5.60. The summed E-state index contributed by atoms with van der Waals surface area (Å²) in [7, 11) is -0.450. The van der Waals surface area contributed by atoms with Gasteiger partial charge in [-0.05, 0) is 64.8 Å². The highest BCUT2D eigenvalue weighted by atomic mass is 16.7. The first-order valence-electron chi connectivity index (χ1n) is 8.94. The van der Waals surface area contributed by atoms with Gasteiger partial charge in [-0.1, -0.05) is 6.07 Å². The smallest absolute Gasteiger partial charge is 0.399 e. The van der Waals surface area contributed by atoms with Crippen molar-refractivity contribution in [2.45, 2.75) is 52.7 Å². The van der Waals surface area contributed by atoms with Crippen LogP contribution in [-0.4, -0.2) is 33.1 Å². The Balaban J connectivity index is 1.80. The first-order valence-corrected chi connectivity index (χ1v) is 8.94. The van der Waals surface area contributed by atoms with Crippen LogP contribution in [0, 0.1) is 13.8 Å². The minimum atomic E-state index is -0.450. The predicted molar refractivity (Wildman–Crippen MR) is 104 cm³/mol. The number of hydrogen-bond donors (Lipinski definition) is 0. The number of fused-ring (bicyclic) bond motifs is 1. The molecule has 0 bridgehead atoms. The standard InChI is InChI=1S/C20H24BN3O2/c1-13-7-8-15(9-14(13)2)24-18-12-22-11-17(16(18)10-23-24)21-25-19(3,4)20(5,6)26-21/h7-12H,1-6H3. The molecule has 2 aromatic heterocycles. The molecule has 3 aromatic rings. The molecule has 26 heavy (non-hydrogen) atoms. The van der Waals surface area contributed by atoms with Crippen molar-refractivity contribution in [2.75, 3.05) is 0 Å². The van der Waals surface area contributed by atoms with Crippen molar-refractivity contribution in [3.63, 3.8) is 0 Å². The summed E-state index contributed by atoms with van der Waals surface area (Å²) < 4.78 is 14.3. The fourth-order valence-corrected chi connectivity index (χ4v) is 3.18. The second kappa shape index (κ2) is 5.66. The quantitative estimate of drug-likeness (QED) is 0.666. The maximum atomic E-state index is 6.21. The van der Waals surface area contributed by atoms with Gasteiger partial charge in [-0.2, -0.15) is 5.10 Å². The first-order chi connectivity index (χ1) is 12.2. The molecule has 0 unspecified atom stereocenters. The highest BCUT2D eigenvalue weighted by Crippen LogP contribution is 2.37. The van der Waals surface area contributed by atoms with Crippen LogP contribution in [0.25, 0.3) is 16.6 Å². The van der Waals surface area contributed by atoms with E-state index in [-0.39, 0.29) is 11.2 Å². The minimum Gasteiger partial charge on any atom is -0.399 e. The van der Waals surface area contributed by atoms with Crippen LogP contribution in [0.2, 0.25) is 0 Å². The van der Waals surface area contributed by atoms with Crippen molar-refractivity contribution in [3.05, 3.63) is 47.9 Å². The monoisotopic (exact) mass is 349 g/mol. The van der Waals surface area contributed by atoms with Gasteiger partial charge in [0.1, 0.15) is 0 Å². The van der Waals surface area contributed by atoms with E-state index in [4.69, 9.17) is 9.31 Å². The average molecular weight is 349 g/mol. The van der Waals surface area contributed by atoms with E-state index in [1.807, 2.05) is 23.3 Å². The van der Waals surface area contributed by atoms with Gasteiger partial charge in [-0.3, -0.25) is 4.98 Å². The van der Waals surface area contributed by atoms with Crippen molar-refractivity contribution in [3.8, 4) is 5.69 Å². The average Bonchev–Trinajstić information content (AvgIpc) is 3.08. The fourth-order valence-electron chi connectivity index (χ4n) is 3.18. The molecule has 0 amide bonds. The molecule has 0 atom stereocenters. The third-order valence-corrected chi connectivity index (χ3v) is 5.77. The Morgan fingerprint density at radius 2 is 1.62 bits per heavy atom. The van der Waals surface area contributed by atoms with Crippen molar-refractivity contribution in [1.82, 2.24) is 14.8 Å². The maximum absolute atomic E-state index is 6.21. The lowest BCUT2D eigenvalue weighted by molar-refractivity contribution is 0.00578. The van der Waals surface area contributed by atoms with E-state index in [1.165, 1.54) is 11.1 Å². The Bertz CT molecular complexity index is 978. The van der Waals surface area contributed by atoms with Crippen molar-refractivity contribution in [2.24, 2.45) is 0 Å². The van der Waals surface area contributed by atoms with Gasteiger partial charge in [-0.25, -0.2) is 4.68 Å². The highest BCUT2D eigenvalue weighted by molar-refractivity contribution is 6.65. The van der Waals surface area contributed by atoms with Crippen molar-refractivity contribution >= 4 is 23.5 Å². The van der Waals surface area contributed by atoms with E-state index >= 15 is 0 Å². The van der Waals surface area contributed by atoms with E-state index in [0.717, 1.165) is 22.1 Å². The Kier molecular flexibility index (Phi) is 3.76. The number of aromatic nitrogens is 3. The van der Waals surface area contributed by atoms with Crippen LogP contribution < -0.4 is 5.46 Å². The Hall–Kier alpha value is -2.18. The molecule has 0 radical (unpaired) electrons. The van der Waals surface area contributed by atoms with Crippen LogP contribution in [0.1, 0.15) is 38.8 Å². The summed E-state index contributed by atoms with van der Waals surface area (Å²) in [5.74, 6) is 0. The normalized spacial score (nSPS) is 18.6. The topological polar surface area (TPSA) is 49.2 Å². The van der Waals surface area contributed by atoms with E-state index in [0.29, 0.717) is 0 Å². The number of nitrogens with zero attached hydrogens (tertiary/aromatic N) is 3. The molecule has 5 nitrogen and oxygen atoms in total. The SMILES string of the molecule is Cc1ccc(-n2ncc3c(B4OC(C)(C)C(C)(C)O4)cncc32)cc1C. The summed E-state index contributed by atoms with van der Waals surface area (Å²) in [4.78, 5) is 4.43. The molecule has 1 fully saturated rings. The predicted octanol–water partition coefficient (Wildman–Crippen LogP) is 3.34. The summed E-state index contributed by atoms with van der Waals surface area (Å²) in [6, 6.07) is 6.34. The van der Waals surface area contributed by atoms with Crippen molar-refractivity contribution < 1.29 is 9.31 Å². The number of benzene rings is 1. The van der Waals surface area contributed by atoms with E-state index < -0.39 is 7.12 Å². The summed E-state index contributed by atoms with van der Waals surface area (Å²) in [6.45, 7) is 12.4.